The maximum Gasteiger partial charge on any atom is 0.673 e. The van der Waals surface area contributed by atoms with E-state index >= 15 is 0 Å². The average Bonchev–Trinajstić information content (AvgIpc) is 2.77. The predicted octanol–water partition coefficient (Wildman–Crippen LogP) is 1.42. The highest BCUT2D eigenvalue weighted by molar-refractivity contribution is 6.50. The largest absolute Gasteiger partial charge is 0.673 e. The van der Waals surface area contributed by atoms with Gasteiger partial charge in [0.1, 0.15) is 19.3 Å². The number of carbonyl (C=O) groups excluding carboxylic acids is 2. The van der Waals surface area contributed by atoms with Gasteiger partial charge in [-0.15, -0.1) is 4.68 Å². The maximum atomic E-state index is 12.1. The van der Waals surface area contributed by atoms with E-state index in [1.54, 1.807) is 19.2 Å². The van der Waals surface area contributed by atoms with Crippen LogP contribution in [0, 0.1) is 0 Å². The van der Waals surface area contributed by atoms with Crippen LogP contribution in [-0.2, 0) is 24.8 Å². The number of aryl methyl sites for hydroxylation is 1. The number of rotatable bonds is 5. The summed E-state index contributed by atoms with van der Waals surface area (Å²) in [5.41, 5.74) is 0.620. The second-order valence-electron chi connectivity index (χ2n) is 4.82. The summed E-state index contributed by atoms with van der Waals surface area (Å²) in [6.45, 7) is 1.57. The number of benzene rings is 1. The van der Waals surface area contributed by atoms with E-state index in [1.807, 2.05) is 18.2 Å². The monoisotopic (exact) mass is 346 g/mol. The molecule has 1 aromatic heterocycles. The van der Waals surface area contributed by atoms with Gasteiger partial charge in [-0.2, -0.15) is 0 Å². The van der Waals surface area contributed by atoms with Crippen LogP contribution < -0.4 is 4.68 Å². The second-order valence-corrected chi connectivity index (χ2v) is 4.82. The predicted molar refractivity (Wildman–Crippen MR) is 76.5 cm³/mol. The van der Waals surface area contributed by atoms with E-state index in [4.69, 9.17) is 0 Å². The molecule has 24 heavy (non-hydrogen) atoms. The van der Waals surface area contributed by atoms with Crippen LogP contribution in [0.25, 0.3) is 0 Å². The Balaban J connectivity index is 0.000000505. The normalized spacial score (nSPS) is 10.8. The molecule has 1 heterocycles. The molecule has 0 aliphatic heterocycles. The van der Waals surface area contributed by atoms with Crippen molar-refractivity contribution in [2.75, 3.05) is 0 Å². The van der Waals surface area contributed by atoms with Crippen LogP contribution in [0.15, 0.2) is 30.3 Å². The summed E-state index contributed by atoms with van der Waals surface area (Å²) in [6.07, 6.45) is 0.176. The van der Waals surface area contributed by atoms with Gasteiger partial charge in [0, 0.05) is 5.56 Å². The van der Waals surface area contributed by atoms with E-state index in [9.17, 15) is 26.9 Å². The van der Waals surface area contributed by atoms with Crippen molar-refractivity contribution in [2.24, 2.45) is 7.05 Å². The summed E-state index contributed by atoms with van der Waals surface area (Å²) in [7, 11) is -4.34. The molecular weight excluding hydrogens is 331 g/mol. The van der Waals surface area contributed by atoms with Crippen molar-refractivity contribution >= 4 is 18.8 Å². The molecule has 0 N–H and O–H groups in total. The van der Waals surface area contributed by atoms with Gasteiger partial charge in [-0.25, -0.2) is 0 Å². The summed E-state index contributed by atoms with van der Waals surface area (Å²) < 4.78 is 40.5. The zero-order chi connectivity index (χ0) is 18.3. The zero-order valence-electron chi connectivity index (χ0n) is 13.0. The number of ketones is 2. The van der Waals surface area contributed by atoms with E-state index in [0.29, 0.717) is 11.4 Å². The molecule has 0 radical (unpaired) electrons. The molecular formula is C13H15BF4N4O2. The molecule has 0 spiro atoms. The molecule has 6 nitrogen and oxygen atoms in total. The Bertz CT molecular complexity index is 698. The Kier molecular flexibility index (Phi) is 6.75. The van der Waals surface area contributed by atoms with E-state index in [-0.39, 0.29) is 24.5 Å². The van der Waals surface area contributed by atoms with Gasteiger partial charge in [-0.1, -0.05) is 30.3 Å². The van der Waals surface area contributed by atoms with Gasteiger partial charge in [-0.3, -0.25) is 9.59 Å². The van der Waals surface area contributed by atoms with E-state index in [2.05, 4.69) is 10.3 Å². The summed E-state index contributed by atoms with van der Waals surface area (Å²) in [6, 6.07) is 8.98. The highest BCUT2D eigenvalue weighted by atomic mass is 19.5. The van der Waals surface area contributed by atoms with E-state index in [0.717, 1.165) is 0 Å². The molecule has 0 aliphatic carbocycles. The number of hydrogen-bond acceptors (Lipinski definition) is 4. The van der Waals surface area contributed by atoms with Crippen molar-refractivity contribution in [3.05, 3.63) is 41.7 Å². The minimum absolute atomic E-state index is 0.0126. The fourth-order valence-corrected chi connectivity index (χ4v) is 1.77. The van der Waals surface area contributed by atoms with Gasteiger partial charge in [0.05, 0.1) is 10.3 Å². The third-order valence-electron chi connectivity index (χ3n) is 2.59. The van der Waals surface area contributed by atoms with Crippen molar-refractivity contribution in [2.45, 2.75) is 19.9 Å². The topological polar surface area (TPSA) is 68.7 Å². The van der Waals surface area contributed by atoms with Crippen molar-refractivity contribution in [3.63, 3.8) is 0 Å². The van der Waals surface area contributed by atoms with Gasteiger partial charge in [-0.05, 0) is 11.7 Å². The van der Waals surface area contributed by atoms with E-state index in [1.165, 1.54) is 16.4 Å². The minimum atomic E-state index is -6.00. The fourth-order valence-electron chi connectivity index (χ4n) is 1.77. The first-order chi connectivity index (χ1) is 11.1. The number of aromatic nitrogens is 4. The quantitative estimate of drug-likeness (QED) is 0.355. The number of halogens is 4. The van der Waals surface area contributed by atoms with E-state index < -0.39 is 7.25 Å². The van der Waals surface area contributed by atoms with Gasteiger partial charge >= 0.3 is 13.1 Å². The van der Waals surface area contributed by atoms with Crippen LogP contribution in [0.3, 0.4) is 0 Å². The molecule has 2 rings (SSSR count). The Morgan fingerprint density at radius 3 is 2.21 bits per heavy atom. The smallest absolute Gasteiger partial charge is 0.418 e. The summed E-state index contributed by atoms with van der Waals surface area (Å²) in [5, 5.41) is 8.17. The molecule has 0 atom stereocenters. The summed E-state index contributed by atoms with van der Waals surface area (Å²) in [5.74, 6) is 0.427. The molecule has 0 bridgehead atoms. The molecule has 0 saturated heterocycles. The molecule has 2 aromatic rings. The Morgan fingerprint density at radius 1 is 1.17 bits per heavy atom. The molecule has 11 heteroatoms. The molecule has 130 valence electrons. The molecule has 0 saturated carbocycles. The highest BCUT2D eigenvalue weighted by Crippen LogP contribution is 2.06. The van der Waals surface area contributed by atoms with Crippen molar-refractivity contribution < 1.29 is 31.5 Å². The van der Waals surface area contributed by atoms with Crippen molar-refractivity contribution in [3.8, 4) is 0 Å². The van der Waals surface area contributed by atoms with Crippen LogP contribution >= 0.6 is 0 Å². The van der Waals surface area contributed by atoms with Crippen LogP contribution in [-0.4, -0.2) is 33.9 Å². The van der Waals surface area contributed by atoms with Gasteiger partial charge < -0.3 is 17.3 Å². The second kappa shape index (κ2) is 8.32. The summed E-state index contributed by atoms with van der Waals surface area (Å²) >= 11 is 0. The SMILES string of the molecule is CC(=O)Cc1nn(C)n[n+]1CC(=O)c1ccccc1.F[B-](F)(F)F. The molecule has 0 unspecified atom stereocenters. The lowest BCUT2D eigenvalue weighted by molar-refractivity contribution is -0.749. The van der Waals surface area contributed by atoms with Crippen LogP contribution in [0.2, 0.25) is 0 Å². The lowest BCUT2D eigenvalue weighted by Crippen LogP contribution is -2.44. The molecule has 0 aliphatic rings. The Hall–Kier alpha value is -2.59. The highest BCUT2D eigenvalue weighted by Gasteiger charge is 2.21. The number of carbonyl (C=O) groups is 2. The van der Waals surface area contributed by atoms with Crippen LogP contribution in [0.4, 0.5) is 17.3 Å². The number of hydrogen-bond donors (Lipinski definition) is 0. The van der Waals surface area contributed by atoms with Crippen molar-refractivity contribution in [1.82, 2.24) is 15.1 Å². The lowest BCUT2D eigenvalue weighted by atomic mass is 10.1. The third-order valence-corrected chi connectivity index (χ3v) is 2.59. The first-order valence-corrected chi connectivity index (χ1v) is 6.81. The maximum absolute atomic E-state index is 12.1. The molecule has 0 amide bonds. The zero-order valence-corrected chi connectivity index (χ0v) is 13.0. The average molecular weight is 346 g/mol. The fraction of sp³-hybridized carbons (Fsp3) is 0.308. The number of Topliss-reactive ketones (excluding diaryl/α,β-unsaturated/α-hetero) is 2. The van der Waals surface area contributed by atoms with Gasteiger partial charge in [0.25, 0.3) is 0 Å². The third kappa shape index (κ3) is 7.61. The minimum Gasteiger partial charge on any atom is -0.418 e. The Morgan fingerprint density at radius 2 is 1.71 bits per heavy atom. The number of nitrogens with zero attached hydrogens (tertiary/aromatic N) is 4. The van der Waals surface area contributed by atoms with Crippen LogP contribution in [0.1, 0.15) is 23.1 Å². The standard InChI is InChI=1S/C13H15N4O2.BF4/c1-10(18)8-13-14-16(2)15-17(13)9-12(19)11-6-4-3-5-7-11;2-1(3,4)5/h3-7H,8-9H2,1-2H3;/q+1;-1. The lowest BCUT2D eigenvalue weighted by Gasteiger charge is -1.98. The first-order valence-electron chi connectivity index (χ1n) is 6.81. The van der Waals surface area contributed by atoms with Crippen molar-refractivity contribution in [1.29, 1.82) is 0 Å². The number of tetrazole rings is 1. The van der Waals surface area contributed by atoms with Gasteiger partial charge in [0.15, 0.2) is 12.3 Å². The molecule has 1 aromatic carbocycles. The Labute approximate surface area is 135 Å². The van der Waals surface area contributed by atoms with Gasteiger partial charge in [0.2, 0.25) is 0 Å². The van der Waals surface area contributed by atoms with Crippen LogP contribution in [0.5, 0.6) is 0 Å². The molecule has 0 fully saturated rings. The summed E-state index contributed by atoms with van der Waals surface area (Å²) in [4.78, 5) is 24.6. The first kappa shape index (κ1) is 19.5.